The van der Waals surface area contributed by atoms with Crippen LogP contribution in [-0.2, 0) is 0 Å². The molecule has 0 bridgehead atoms. The fraction of sp³-hybridized carbons (Fsp3) is 0.571. The maximum Gasteiger partial charge on any atom is 0.139 e. The molecular weight excluding hydrogens is 295 g/mol. The summed E-state index contributed by atoms with van der Waals surface area (Å²) in [5, 5.41) is 0. The van der Waals surface area contributed by atoms with Gasteiger partial charge in [0.25, 0.3) is 0 Å². The zero-order valence-electron chi connectivity index (χ0n) is 10.8. The van der Waals surface area contributed by atoms with Crippen LogP contribution < -0.4 is 10.6 Å². The first-order valence-corrected chi connectivity index (χ1v) is 7.44. The first-order chi connectivity index (χ1) is 8.63. The molecule has 0 aromatic heterocycles. The van der Waals surface area contributed by atoms with Gasteiger partial charge in [0.1, 0.15) is 5.82 Å². The van der Waals surface area contributed by atoms with Crippen LogP contribution in [-0.4, -0.2) is 12.6 Å². The molecule has 100 valence electrons. The molecule has 2 nitrogen and oxygen atoms in total. The standard InChI is InChI=1S/C14H20BrFN2/c1-2-5-10-6-3-4-7-18(10)14-9-12(16)11(15)8-13(14)17/h8-10H,2-7,17H2,1H3. The molecule has 1 heterocycles. The highest BCUT2D eigenvalue weighted by Crippen LogP contribution is 2.34. The first-order valence-electron chi connectivity index (χ1n) is 6.64. The number of anilines is 2. The van der Waals surface area contributed by atoms with E-state index in [0.29, 0.717) is 16.2 Å². The maximum absolute atomic E-state index is 13.7. The van der Waals surface area contributed by atoms with E-state index in [-0.39, 0.29) is 5.82 Å². The van der Waals surface area contributed by atoms with Gasteiger partial charge in [-0.05, 0) is 47.7 Å². The van der Waals surface area contributed by atoms with Crippen LogP contribution in [0.3, 0.4) is 0 Å². The lowest BCUT2D eigenvalue weighted by molar-refractivity contribution is 0.434. The van der Waals surface area contributed by atoms with Gasteiger partial charge in [-0.15, -0.1) is 0 Å². The fourth-order valence-corrected chi connectivity index (χ4v) is 3.11. The SMILES string of the molecule is CCCC1CCCCN1c1cc(F)c(Br)cc1N. The Labute approximate surface area is 116 Å². The van der Waals surface area contributed by atoms with Crippen molar-refractivity contribution in [3.05, 3.63) is 22.4 Å². The normalized spacial score (nSPS) is 20.2. The Kier molecular flexibility index (Phi) is 4.49. The summed E-state index contributed by atoms with van der Waals surface area (Å²) < 4.78 is 14.1. The van der Waals surface area contributed by atoms with Gasteiger partial charge < -0.3 is 10.6 Å². The van der Waals surface area contributed by atoms with E-state index in [2.05, 4.69) is 27.8 Å². The number of nitrogens with two attached hydrogens (primary N) is 1. The van der Waals surface area contributed by atoms with Gasteiger partial charge in [-0.1, -0.05) is 13.3 Å². The Balaban J connectivity index is 2.30. The minimum absolute atomic E-state index is 0.236. The Morgan fingerprint density at radius 1 is 1.44 bits per heavy atom. The smallest absolute Gasteiger partial charge is 0.139 e. The van der Waals surface area contributed by atoms with Crippen molar-refractivity contribution in [2.45, 2.75) is 45.1 Å². The van der Waals surface area contributed by atoms with Crippen LogP contribution >= 0.6 is 15.9 Å². The highest BCUT2D eigenvalue weighted by molar-refractivity contribution is 9.10. The number of nitrogens with zero attached hydrogens (tertiary/aromatic N) is 1. The average Bonchev–Trinajstić information content (AvgIpc) is 2.35. The molecule has 1 aromatic rings. The van der Waals surface area contributed by atoms with E-state index in [1.165, 1.54) is 12.8 Å². The molecule has 0 radical (unpaired) electrons. The fourth-order valence-electron chi connectivity index (χ4n) is 2.75. The molecule has 0 aliphatic carbocycles. The molecule has 18 heavy (non-hydrogen) atoms. The Morgan fingerprint density at radius 2 is 2.22 bits per heavy atom. The third kappa shape index (κ3) is 2.79. The second-order valence-electron chi connectivity index (χ2n) is 4.96. The van der Waals surface area contributed by atoms with E-state index in [1.54, 1.807) is 12.1 Å². The number of rotatable bonds is 3. The van der Waals surface area contributed by atoms with Crippen LogP contribution in [0.5, 0.6) is 0 Å². The molecule has 1 aromatic carbocycles. The van der Waals surface area contributed by atoms with Gasteiger partial charge in [-0.25, -0.2) is 4.39 Å². The molecule has 1 aliphatic heterocycles. The van der Waals surface area contributed by atoms with E-state index < -0.39 is 0 Å². The van der Waals surface area contributed by atoms with Crippen LogP contribution in [0.1, 0.15) is 39.0 Å². The minimum Gasteiger partial charge on any atom is -0.397 e. The average molecular weight is 315 g/mol. The van der Waals surface area contributed by atoms with Gasteiger partial charge >= 0.3 is 0 Å². The van der Waals surface area contributed by atoms with Crippen molar-refractivity contribution in [3.63, 3.8) is 0 Å². The van der Waals surface area contributed by atoms with Crippen LogP contribution in [0.2, 0.25) is 0 Å². The number of hydrogen-bond donors (Lipinski definition) is 1. The maximum atomic E-state index is 13.7. The van der Waals surface area contributed by atoms with Gasteiger partial charge in [0.15, 0.2) is 0 Å². The van der Waals surface area contributed by atoms with Crippen molar-refractivity contribution in [2.24, 2.45) is 0 Å². The van der Waals surface area contributed by atoms with Crippen molar-refractivity contribution in [1.29, 1.82) is 0 Å². The molecule has 0 spiro atoms. The third-order valence-electron chi connectivity index (χ3n) is 3.63. The molecule has 4 heteroatoms. The molecule has 2 rings (SSSR count). The van der Waals surface area contributed by atoms with Crippen molar-refractivity contribution in [3.8, 4) is 0 Å². The highest BCUT2D eigenvalue weighted by atomic mass is 79.9. The van der Waals surface area contributed by atoms with E-state index in [4.69, 9.17) is 5.73 Å². The molecule has 1 atom stereocenters. The molecule has 1 saturated heterocycles. The van der Waals surface area contributed by atoms with Crippen LogP contribution in [0.25, 0.3) is 0 Å². The van der Waals surface area contributed by atoms with E-state index >= 15 is 0 Å². The van der Waals surface area contributed by atoms with Crippen molar-refractivity contribution >= 4 is 27.3 Å². The van der Waals surface area contributed by atoms with E-state index in [1.807, 2.05) is 0 Å². The van der Waals surface area contributed by atoms with Crippen LogP contribution in [0.4, 0.5) is 15.8 Å². The Bertz CT molecular complexity index is 421. The zero-order chi connectivity index (χ0) is 13.1. The summed E-state index contributed by atoms with van der Waals surface area (Å²) in [6.45, 7) is 3.17. The molecule has 1 fully saturated rings. The van der Waals surface area contributed by atoms with Crippen LogP contribution in [0, 0.1) is 5.82 Å². The van der Waals surface area contributed by atoms with Gasteiger partial charge in [-0.2, -0.15) is 0 Å². The lowest BCUT2D eigenvalue weighted by Gasteiger charge is -2.38. The van der Waals surface area contributed by atoms with Crippen molar-refractivity contribution in [2.75, 3.05) is 17.2 Å². The van der Waals surface area contributed by atoms with E-state index in [0.717, 1.165) is 31.5 Å². The molecular formula is C14H20BrFN2. The Hall–Kier alpha value is -0.770. The summed E-state index contributed by atoms with van der Waals surface area (Å²) in [7, 11) is 0. The van der Waals surface area contributed by atoms with Crippen LogP contribution in [0.15, 0.2) is 16.6 Å². The highest BCUT2D eigenvalue weighted by Gasteiger charge is 2.24. The summed E-state index contributed by atoms with van der Waals surface area (Å²) in [6.07, 6.45) is 5.92. The third-order valence-corrected chi connectivity index (χ3v) is 4.24. The number of benzene rings is 1. The number of nitrogen functional groups attached to an aromatic ring is 1. The van der Waals surface area contributed by atoms with Crippen molar-refractivity contribution in [1.82, 2.24) is 0 Å². The summed E-state index contributed by atoms with van der Waals surface area (Å²) >= 11 is 3.18. The molecule has 0 amide bonds. The summed E-state index contributed by atoms with van der Waals surface area (Å²) in [5.41, 5.74) is 7.56. The van der Waals surface area contributed by atoms with E-state index in [9.17, 15) is 4.39 Å². The number of halogens is 2. The summed E-state index contributed by atoms with van der Waals surface area (Å²) in [5.74, 6) is -0.236. The topological polar surface area (TPSA) is 29.3 Å². The predicted molar refractivity (Wildman–Crippen MR) is 78.4 cm³/mol. The second kappa shape index (κ2) is 5.91. The molecule has 2 N–H and O–H groups in total. The molecule has 1 unspecified atom stereocenters. The largest absolute Gasteiger partial charge is 0.397 e. The van der Waals surface area contributed by atoms with Crippen molar-refractivity contribution < 1.29 is 4.39 Å². The zero-order valence-corrected chi connectivity index (χ0v) is 12.3. The Morgan fingerprint density at radius 3 is 2.94 bits per heavy atom. The molecule has 0 saturated carbocycles. The number of hydrogen-bond acceptors (Lipinski definition) is 2. The summed E-state index contributed by atoms with van der Waals surface area (Å²) in [4.78, 5) is 2.29. The molecule has 1 aliphatic rings. The van der Waals surface area contributed by atoms with Gasteiger partial charge in [-0.3, -0.25) is 0 Å². The first kappa shape index (κ1) is 13.7. The number of piperidine rings is 1. The predicted octanol–water partition coefficient (Wildman–Crippen LogP) is 4.33. The second-order valence-corrected chi connectivity index (χ2v) is 5.81. The minimum atomic E-state index is -0.236. The quantitative estimate of drug-likeness (QED) is 0.841. The monoisotopic (exact) mass is 314 g/mol. The summed E-state index contributed by atoms with van der Waals surface area (Å²) in [6, 6.07) is 3.74. The lowest BCUT2D eigenvalue weighted by Crippen LogP contribution is -2.40. The van der Waals surface area contributed by atoms with Gasteiger partial charge in [0.05, 0.1) is 15.8 Å². The van der Waals surface area contributed by atoms with Gasteiger partial charge in [0.2, 0.25) is 0 Å². The lowest BCUT2D eigenvalue weighted by atomic mass is 9.97. The van der Waals surface area contributed by atoms with Gasteiger partial charge in [0, 0.05) is 18.7 Å².